The van der Waals surface area contributed by atoms with E-state index in [-0.39, 0.29) is 23.1 Å². The smallest absolute Gasteiger partial charge is 0.315 e. The average molecular weight is 501 g/mol. The van der Waals surface area contributed by atoms with E-state index in [0.717, 1.165) is 44.1 Å². The molecule has 1 aromatic carbocycles. The molecule has 5 nitrogen and oxygen atoms in total. The van der Waals surface area contributed by atoms with Gasteiger partial charge in [0.2, 0.25) is 0 Å². The maximum Gasteiger partial charge on any atom is 0.315 e. The molecule has 0 bridgehead atoms. The van der Waals surface area contributed by atoms with Crippen molar-refractivity contribution in [3.05, 3.63) is 76.9 Å². The van der Waals surface area contributed by atoms with E-state index in [2.05, 4.69) is 55.3 Å². The fourth-order valence-corrected chi connectivity index (χ4v) is 7.59. The van der Waals surface area contributed by atoms with E-state index in [4.69, 9.17) is 0 Å². The van der Waals surface area contributed by atoms with Crippen LogP contribution in [0.4, 0.5) is 4.79 Å². The molecule has 5 rings (SSSR count). The van der Waals surface area contributed by atoms with Crippen LogP contribution in [0.2, 0.25) is 0 Å². The number of rotatable bonds is 6. The van der Waals surface area contributed by atoms with Crippen molar-refractivity contribution in [1.29, 1.82) is 0 Å². The molecule has 0 aromatic heterocycles. The molecule has 37 heavy (non-hydrogen) atoms. The molecule has 0 radical (unpaired) electrons. The van der Waals surface area contributed by atoms with Crippen LogP contribution in [0.3, 0.4) is 0 Å². The summed E-state index contributed by atoms with van der Waals surface area (Å²) >= 11 is 0. The highest BCUT2D eigenvalue weighted by Gasteiger charge is 2.60. The van der Waals surface area contributed by atoms with Crippen LogP contribution in [0.1, 0.15) is 75.8 Å². The molecule has 0 aliphatic heterocycles. The van der Waals surface area contributed by atoms with Gasteiger partial charge in [0.1, 0.15) is 0 Å². The summed E-state index contributed by atoms with van der Waals surface area (Å²) < 4.78 is 0. The van der Waals surface area contributed by atoms with E-state index in [1.165, 1.54) is 16.7 Å². The van der Waals surface area contributed by atoms with Crippen LogP contribution in [0, 0.1) is 17.3 Å². The van der Waals surface area contributed by atoms with Crippen molar-refractivity contribution in [3.8, 4) is 0 Å². The molecule has 4 aliphatic rings. The maximum atomic E-state index is 12.2. The standard InChI is InChI=1S/C32H40N2O3/c1-4-17-33-30(36)34-18-5-6-21-7-9-22(10-8-21)27-20-31(2)28(15-16-32(31,3)37)26-13-11-23-19-24(35)12-14-25(23)29(26)27/h4-10,19,26-28,37H,1,11-18,20H2,2-3H3,(H2,33,34,36)/b6-5+/t26?,27-,28?,31+,32+/m1/s1. The zero-order chi connectivity index (χ0) is 26.2. The van der Waals surface area contributed by atoms with E-state index in [0.29, 0.717) is 31.3 Å². The topological polar surface area (TPSA) is 78.4 Å². The number of allylic oxidation sites excluding steroid dienone is 4. The number of urea groups is 1. The summed E-state index contributed by atoms with van der Waals surface area (Å²) in [7, 11) is 0. The lowest BCUT2D eigenvalue weighted by Crippen LogP contribution is -2.50. The molecule has 5 atom stereocenters. The summed E-state index contributed by atoms with van der Waals surface area (Å²) in [5.41, 5.74) is 5.89. The Morgan fingerprint density at radius 1 is 1.11 bits per heavy atom. The number of benzene rings is 1. The molecule has 1 aromatic rings. The number of aliphatic hydroxyl groups is 1. The highest BCUT2D eigenvalue weighted by atomic mass is 16.3. The monoisotopic (exact) mass is 500 g/mol. The molecule has 0 spiro atoms. The van der Waals surface area contributed by atoms with Gasteiger partial charge < -0.3 is 15.7 Å². The van der Waals surface area contributed by atoms with E-state index < -0.39 is 5.60 Å². The van der Waals surface area contributed by atoms with Crippen molar-refractivity contribution in [3.63, 3.8) is 0 Å². The second kappa shape index (κ2) is 10.1. The molecule has 4 aliphatic carbocycles. The molecule has 5 heteroatoms. The van der Waals surface area contributed by atoms with Gasteiger partial charge in [-0.15, -0.1) is 6.58 Å². The first-order valence-electron chi connectivity index (χ1n) is 13.8. The summed E-state index contributed by atoms with van der Waals surface area (Å²) in [5, 5.41) is 17.0. The summed E-state index contributed by atoms with van der Waals surface area (Å²) in [6.45, 7) is 8.86. The fourth-order valence-electron chi connectivity index (χ4n) is 7.59. The lowest BCUT2D eigenvalue weighted by molar-refractivity contribution is -0.114. The number of carbonyl (C=O) groups excluding carboxylic acids is 2. The Balaban J connectivity index is 1.42. The van der Waals surface area contributed by atoms with Gasteiger partial charge in [0.15, 0.2) is 5.78 Å². The molecule has 2 unspecified atom stereocenters. The lowest BCUT2D eigenvalue weighted by atomic mass is 9.51. The third-order valence-corrected chi connectivity index (χ3v) is 9.73. The Kier molecular flexibility index (Phi) is 7.01. The average Bonchev–Trinajstić information content (AvgIpc) is 3.13. The molecule has 2 saturated carbocycles. The number of fused-ring (bicyclic) bond motifs is 4. The van der Waals surface area contributed by atoms with Crippen LogP contribution in [-0.4, -0.2) is 35.6 Å². The maximum absolute atomic E-state index is 12.2. The van der Waals surface area contributed by atoms with Gasteiger partial charge in [0, 0.05) is 30.8 Å². The van der Waals surface area contributed by atoms with Gasteiger partial charge in [0.25, 0.3) is 0 Å². The Labute approximate surface area is 220 Å². The molecular formula is C32H40N2O3. The SMILES string of the molecule is C=CCNC(=O)NC/C=C/c1ccc([C@H]2C[C@@]3(C)C(CC[C@]3(C)O)C3CCC4=CC(=O)CCC4=C32)cc1. The Morgan fingerprint density at radius 2 is 1.86 bits per heavy atom. The Morgan fingerprint density at radius 3 is 2.62 bits per heavy atom. The van der Waals surface area contributed by atoms with Crippen molar-refractivity contribution in [2.75, 3.05) is 13.1 Å². The van der Waals surface area contributed by atoms with Crippen LogP contribution in [0.15, 0.2) is 65.8 Å². The minimum Gasteiger partial charge on any atom is -0.390 e. The predicted molar refractivity (Wildman–Crippen MR) is 148 cm³/mol. The van der Waals surface area contributed by atoms with Gasteiger partial charge in [-0.1, -0.05) is 55.0 Å². The first-order valence-corrected chi connectivity index (χ1v) is 13.8. The van der Waals surface area contributed by atoms with E-state index in [1.807, 2.05) is 18.2 Å². The molecule has 2 fully saturated rings. The third kappa shape index (κ3) is 4.74. The second-order valence-electron chi connectivity index (χ2n) is 11.8. The van der Waals surface area contributed by atoms with Gasteiger partial charge in [-0.3, -0.25) is 4.79 Å². The van der Waals surface area contributed by atoms with Crippen LogP contribution < -0.4 is 10.6 Å². The van der Waals surface area contributed by atoms with Gasteiger partial charge >= 0.3 is 6.03 Å². The second-order valence-corrected chi connectivity index (χ2v) is 11.8. The van der Waals surface area contributed by atoms with Gasteiger partial charge in [-0.05, 0) is 85.6 Å². The number of ketones is 1. The summed E-state index contributed by atoms with van der Waals surface area (Å²) in [6, 6.07) is 8.56. The summed E-state index contributed by atoms with van der Waals surface area (Å²) in [4.78, 5) is 23.9. The minimum atomic E-state index is -0.654. The number of carbonyl (C=O) groups is 2. The minimum absolute atomic E-state index is 0.117. The number of hydrogen-bond acceptors (Lipinski definition) is 3. The fraction of sp³-hybridized carbons (Fsp3) is 0.500. The number of hydrogen-bond donors (Lipinski definition) is 3. The quantitative estimate of drug-likeness (QED) is 0.430. The molecule has 2 amide bonds. The lowest BCUT2D eigenvalue weighted by Gasteiger charge is -2.54. The number of nitrogens with one attached hydrogen (secondary N) is 2. The molecular weight excluding hydrogens is 460 g/mol. The zero-order valence-electron chi connectivity index (χ0n) is 22.2. The van der Waals surface area contributed by atoms with Crippen LogP contribution >= 0.6 is 0 Å². The Bertz CT molecular complexity index is 1170. The molecule has 196 valence electrons. The third-order valence-electron chi connectivity index (χ3n) is 9.73. The van der Waals surface area contributed by atoms with Crippen molar-refractivity contribution in [2.45, 2.75) is 70.3 Å². The first kappa shape index (κ1) is 25.7. The van der Waals surface area contributed by atoms with Crippen molar-refractivity contribution in [1.82, 2.24) is 10.6 Å². The van der Waals surface area contributed by atoms with Crippen LogP contribution in [0.5, 0.6) is 0 Å². The highest BCUT2D eigenvalue weighted by molar-refractivity contribution is 5.93. The largest absolute Gasteiger partial charge is 0.390 e. The molecule has 3 N–H and O–H groups in total. The normalized spacial score (nSPS) is 32.9. The van der Waals surface area contributed by atoms with E-state index >= 15 is 0 Å². The van der Waals surface area contributed by atoms with Crippen LogP contribution in [0.25, 0.3) is 6.08 Å². The van der Waals surface area contributed by atoms with Gasteiger partial charge in [0.05, 0.1) is 5.60 Å². The van der Waals surface area contributed by atoms with E-state index in [9.17, 15) is 14.7 Å². The summed E-state index contributed by atoms with van der Waals surface area (Å²) in [5.74, 6) is 1.51. The van der Waals surface area contributed by atoms with Gasteiger partial charge in [-0.2, -0.15) is 0 Å². The van der Waals surface area contributed by atoms with Gasteiger partial charge in [-0.25, -0.2) is 4.79 Å². The van der Waals surface area contributed by atoms with Crippen molar-refractivity contribution >= 4 is 17.9 Å². The van der Waals surface area contributed by atoms with Crippen molar-refractivity contribution in [2.24, 2.45) is 17.3 Å². The highest BCUT2D eigenvalue weighted by Crippen LogP contribution is 2.66. The Hall–Kier alpha value is -2.92. The number of amides is 2. The molecule has 0 heterocycles. The van der Waals surface area contributed by atoms with E-state index in [1.54, 1.807) is 11.6 Å². The van der Waals surface area contributed by atoms with Crippen molar-refractivity contribution < 1.29 is 14.7 Å². The molecule has 0 saturated heterocycles. The zero-order valence-corrected chi connectivity index (χ0v) is 22.2. The first-order chi connectivity index (χ1) is 17.7. The van der Waals surface area contributed by atoms with Crippen LogP contribution in [-0.2, 0) is 4.79 Å². The predicted octanol–water partition coefficient (Wildman–Crippen LogP) is 5.84. The summed E-state index contributed by atoms with van der Waals surface area (Å²) in [6.07, 6.45) is 14.0.